The summed E-state index contributed by atoms with van der Waals surface area (Å²) in [5.41, 5.74) is -2.07. The molecule has 1 atom stereocenters. The Labute approximate surface area is 153 Å². The van der Waals surface area contributed by atoms with E-state index in [2.05, 4.69) is 10.3 Å². The molecule has 140 valence electrons. The Morgan fingerprint density at radius 1 is 1.31 bits per heavy atom. The Morgan fingerprint density at radius 3 is 2.46 bits per heavy atom. The molecule has 2 N–H and O–H groups in total. The minimum absolute atomic E-state index is 0.217. The number of benzene rings is 1. The maximum Gasteiger partial charge on any atom is 0.424 e. The molecule has 0 bridgehead atoms. The van der Waals surface area contributed by atoms with E-state index in [4.69, 9.17) is 0 Å². The number of halogens is 3. The molecule has 2 aromatic rings. The number of amides is 1. The molecule has 1 aliphatic carbocycles. The fraction of sp³-hybridized carbons (Fsp3) is 0.444. The molecular formula is C18H19F3N2O2S. The Bertz CT molecular complexity index is 787. The molecule has 0 saturated heterocycles. The monoisotopic (exact) mass is 384 g/mol. The predicted octanol–water partition coefficient (Wildman–Crippen LogP) is 3.44. The van der Waals surface area contributed by atoms with E-state index >= 15 is 0 Å². The molecular weight excluding hydrogens is 365 g/mol. The number of carbonyl (C=O) groups excluding carboxylic acids is 1. The number of aliphatic hydroxyl groups is 1. The van der Waals surface area contributed by atoms with Gasteiger partial charge in [-0.05, 0) is 25.3 Å². The summed E-state index contributed by atoms with van der Waals surface area (Å²) in [7, 11) is 0. The first-order valence-electron chi connectivity index (χ1n) is 8.20. The van der Waals surface area contributed by atoms with Crippen LogP contribution in [-0.4, -0.2) is 28.7 Å². The van der Waals surface area contributed by atoms with Crippen molar-refractivity contribution in [3.05, 3.63) is 52.0 Å². The SMILES string of the molecule is Cc1csc(C(O)(CC(=O)NCC2(c3ccccc3)CC2)C(F)(F)F)n1. The number of nitrogens with one attached hydrogen (secondary N) is 1. The van der Waals surface area contributed by atoms with Gasteiger partial charge in [0.15, 0.2) is 0 Å². The minimum atomic E-state index is -4.99. The molecule has 0 radical (unpaired) electrons. The van der Waals surface area contributed by atoms with E-state index in [-0.39, 0.29) is 12.0 Å². The van der Waals surface area contributed by atoms with Crippen molar-refractivity contribution in [2.45, 2.75) is 43.4 Å². The van der Waals surface area contributed by atoms with Gasteiger partial charge in [-0.15, -0.1) is 11.3 Å². The van der Waals surface area contributed by atoms with E-state index < -0.39 is 29.1 Å². The Morgan fingerprint density at radius 2 is 1.96 bits per heavy atom. The Kier molecular flexibility index (Phi) is 4.83. The van der Waals surface area contributed by atoms with Crippen LogP contribution in [0, 0.1) is 6.92 Å². The van der Waals surface area contributed by atoms with Crippen LogP contribution in [0.5, 0.6) is 0 Å². The first kappa shape index (κ1) is 18.8. The second-order valence-electron chi connectivity index (χ2n) is 6.75. The molecule has 3 rings (SSSR count). The summed E-state index contributed by atoms with van der Waals surface area (Å²) < 4.78 is 40.3. The van der Waals surface area contributed by atoms with Crippen LogP contribution in [0.25, 0.3) is 0 Å². The number of hydrogen-bond donors (Lipinski definition) is 2. The van der Waals surface area contributed by atoms with Crippen LogP contribution < -0.4 is 5.32 Å². The van der Waals surface area contributed by atoms with Gasteiger partial charge in [-0.3, -0.25) is 4.79 Å². The van der Waals surface area contributed by atoms with Crippen molar-refractivity contribution in [2.75, 3.05) is 6.54 Å². The minimum Gasteiger partial charge on any atom is -0.374 e. The van der Waals surface area contributed by atoms with Gasteiger partial charge in [0, 0.05) is 23.0 Å². The zero-order valence-electron chi connectivity index (χ0n) is 14.1. The molecule has 4 nitrogen and oxygen atoms in total. The van der Waals surface area contributed by atoms with Crippen molar-refractivity contribution >= 4 is 17.2 Å². The second-order valence-corrected chi connectivity index (χ2v) is 7.61. The topological polar surface area (TPSA) is 62.2 Å². The van der Waals surface area contributed by atoms with Crippen molar-refractivity contribution in [1.82, 2.24) is 10.3 Å². The zero-order chi connectivity index (χ0) is 19.0. The van der Waals surface area contributed by atoms with E-state index in [0.29, 0.717) is 17.0 Å². The van der Waals surface area contributed by atoms with Crippen LogP contribution in [0.4, 0.5) is 13.2 Å². The van der Waals surface area contributed by atoms with Crippen molar-refractivity contribution in [2.24, 2.45) is 0 Å². The number of hydrogen-bond acceptors (Lipinski definition) is 4. The maximum atomic E-state index is 13.4. The summed E-state index contributed by atoms with van der Waals surface area (Å²) in [6, 6.07) is 9.57. The molecule has 1 aromatic heterocycles. The van der Waals surface area contributed by atoms with Crippen molar-refractivity contribution in [3.8, 4) is 0 Å². The number of aryl methyl sites for hydroxylation is 1. The highest BCUT2D eigenvalue weighted by Crippen LogP contribution is 2.48. The molecule has 1 saturated carbocycles. The molecule has 1 amide bonds. The molecule has 26 heavy (non-hydrogen) atoms. The lowest BCUT2D eigenvalue weighted by molar-refractivity contribution is -0.267. The van der Waals surface area contributed by atoms with Crippen LogP contribution in [-0.2, 0) is 15.8 Å². The quantitative estimate of drug-likeness (QED) is 0.802. The summed E-state index contributed by atoms with van der Waals surface area (Å²) in [5, 5.41) is 13.7. The van der Waals surface area contributed by atoms with E-state index in [0.717, 1.165) is 18.4 Å². The van der Waals surface area contributed by atoms with E-state index in [9.17, 15) is 23.1 Å². The molecule has 1 aliphatic rings. The summed E-state index contributed by atoms with van der Waals surface area (Å²) in [6.45, 7) is 1.79. The van der Waals surface area contributed by atoms with Crippen LogP contribution in [0.15, 0.2) is 35.7 Å². The molecule has 0 spiro atoms. The van der Waals surface area contributed by atoms with Crippen LogP contribution >= 0.6 is 11.3 Å². The largest absolute Gasteiger partial charge is 0.424 e. The lowest BCUT2D eigenvalue weighted by Gasteiger charge is -2.28. The van der Waals surface area contributed by atoms with Gasteiger partial charge in [0.2, 0.25) is 11.5 Å². The highest BCUT2D eigenvalue weighted by atomic mass is 32.1. The van der Waals surface area contributed by atoms with Gasteiger partial charge in [0.25, 0.3) is 0 Å². The zero-order valence-corrected chi connectivity index (χ0v) is 15.0. The summed E-state index contributed by atoms with van der Waals surface area (Å²) in [6.07, 6.45) is -4.36. The summed E-state index contributed by atoms with van der Waals surface area (Å²) >= 11 is 0.697. The lowest BCUT2D eigenvalue weighted by atomic mass is 9.95. The molecule has 1 heterocycles. The number of alkyl halides is 3. The average molecular weight is 384 g/mol. The highest BCUT2D eigenvalue weighted by Gasteiger charge is 2.58. The highest BCUT2D eigenvalue weighted by molar-refractivity contribution is 7.09. The third-order valence-corrected chi connectivity index (χ3v) is 5.83. The van der Waals surface area contributed by atoms with Crippen molar-refractivity contribution in [3.63, 3.8) is 0 Å². The average Bonchev–Trinajstić information content (AvgIpc) is 3.26. The second kappa shape index (κ2) is 6.66. The van der Waals surface area contributed by atoms with Gasteiger partial charge in [-0.1, -0.05) is 30.3 Å². The first-order valence-corrected chi connectivity index (χ1v) is 9.08. The third kappa shape index (κ3) is 3.61. The number of thiazole rings is 1. The smallest absolute Gasteiger partial charge is 0.374 e. The van der Waals surface area contributed by atoms with E-state index in [1.807, 2.05) is 30.3 Å². The van der Waals surface area contributed by atoms with Gasteiger partial charge in [0.1, 0.15) is 5.01 Å². The number of nitrogens with zero attached hydrogens (tertiary/aromatic N) is 1. The van der Waals surface area contributed by atoms with Crippen molar-refractivity contribution in [1.29, 1.82) is 0 Å². The normalized spacial score (nSPS) is 18.2. The molecule has 1 unspecified atom stereocenters. The van der Waals surface area contributed by atoms with Gasteiger partial charge >= 0.3 is 6.18 Å². The molecule has 0 aliphatic heterocycles. The molecule has 8 heteroatoms. The van der Waals surface area contributed by atoms with Crippen LogP contribution in [0.1, 0.15) is 35.5 Å². The lowest BCUT2D eigenvalue weighted by Crippen LogP contribution is -2.47. The Balaban J connectivity index is 1.70. The van der Waals surface area contributed by atoms with Crippen LogP contribution in [0.2, 0.25) is 0 Å². The maximum absolute atomic E-state index is 13.4. The standard InChI is InChI=1S/C18H19F3N2O2S/c1-12-10-26-15(23-12)17(25,18(19,20)21)9-14(24)22-11-16(7-8-16)13-5-3-2-4-6-13/h2-6,10,25H,7-9,11H2,1H3,(H,22,24). The third-order valence-electron chi connectivity index (χ3n) is 4.72. The number of carbonyl (C=O) groups is 1. The van der Waals surface area contributed by atoms with Crippen molar-refractivity contribution < 1.29 is 23.1 Å². The summed E-state index contributed by atoms with van der Waals surface area (Å²) in [5.74, 6) is -0.847. The number of aromatic nitrogens is 1. The van der Waals surface area contributed by atoms with E-state index in [1.54, 1.807) is 0 Å². The van der Waals surface area contributed by atoms with Crippen LogP contribution in [0.3, 0.4) is 0 Å². The predicted molar refractivity (Wildman–Crippen MR) is 91.8 cm³/mol. The van der Waals surface area contributed by atoms with E-state index in [1.165, 1.54) is 12.3 Å². The fourth-order valence-electron chi connectivity index (χ4n) is 2.91. The molecule has 1 aromatic carbocycles. The molecule has 1 fully saturated rings. The Hall–Kier alpha value is -1.93. The van der Waals surface area contributed by atoms with Gasteiger partial charge in [-0.2, -0.15) is 13.2 Å². The first-order chi connectivity index (χ1) is 12.2. The van der Waals surface area contributed by atoms with Gasteiger partial charge < -0.3 is 10.4 Å². The summed E-state index contributed by atoms with van der Waals surface area (Å²) in [4.78, 5) is 15.9. The van der Waals surface area contributed by atoms with Gasteiger partial charge in [-0.25, -0.2) is 4.98 Å². The fourth-order valence-corrected chi connectivity index (χ4v) is 3.83. The number of rotatable bonds is 6. The van der Waals surface area contributed by atoms with Gasteiger partial charge in [0.05, 0.1) is 6.42 Å².